The molecule has 0 aromatic carbocycles. The fraction of sp³-hybridized carbons (Fsp3) is 0.667. The molecule has 5 nitrogen and oxygen atoms in total. The van der Waals surface area contributed by atoms with Crippen molar-refractivity contribution in [1.29, 1.82) is 0 Å². The van der Waals surface area contributed by atoms with Crippen molar-refractivity contribution in [2.45, 2.75) is 43.9 Å². The lowest BCUT2D eigenvalue weighted by molar-refractivity contribution is 0.284. The van der Waals surface area contributed by atoms with Gasteiger partial charge in [-0.3, -0.25) is 0 Å². The van der Waals surface area contributed by atoms with E-state index in [-0.39, 0.29) is 21.8 Å². The summed E-state index contributed by atoms with van der Waals surface area (Å²) in [5.41, 5.74) is 0.476. The van der Waals surface area contributed by atoms with E-state index < -0.39 is 9.84 Å². The van der Waals surface area contributed by atoms with Gasteiger partial charge in [0.2, 0.25) is 11.2 Å². The fourth-order valence-electron chi connectivity index (χ4n) is 2.06. The maximum Gasteiger partial charge on any atom is 0.237 e. The van der Waals surface area contributed by atoms with Crippen LogP contribution in [-0.2, 0) is 16.3 Å². The molecule has 1 aromatic rings. The molecule has 0 saturated carbocycles. The zero-order valence-electron chi connectivity index (χ0n) is 10.9. The van der Waals surface area contributed by atoms with E-state index in [1.165, 1.54) is 0 Å². The smallest absolute Gasteiger partial charge is 0.237 e. The second-order valence-electron chi connectivity index (χ2n) is 4.55. The number of unbranched alkanes of at least 4 members (excludes halogenated alkanes) is 3. The molecule has 2 rings (SSSR count). The first-order chi connectivity index (χ1) is 9.04. The molecule has 0 fully saturated rings. The van der Waals surface area contributed by atoms with Crippen LogP contribution in [0.15, 0.2) is 4.90 Å². The second-order valence-corrected chi connectivity index (χ2v) is 6.94. The van der Waals surface area contributed by atoms with Crippen LogP contribution >= 0.6 is 11.6 Å². The summed E-state index contributed by atoms with van der Waals surface area (Å²) in [6, 6.07) is 0. The highest BCUT2D eigenvalue weighted by Crippen LogP contribution is 2.32. The Hall–Kier alpha value is -0.880. The third-order valence-electron chi connectivity index (χ3n) is 3.03. The van der Waals surface area contributed by atoms with Crippen LogP contribution in [0.5, 0.6) is 5.88 Å². The van der Waals surface area contributed by atoms with Crippen molar-refractivity contribution < 1.29 is 13.2 Å². The zero-order valence-corrected chi connectivity index (χ0v) is 12.4. The molecule has 106 valence electrons. The van der Waals surface area contributed by atoms with Crippen LogP contribution in [0.2, 0.25) is 5.28 Å². The van der Waals surface area contributed by atoms with Gasteiger partial charge in [-0.05, 0) is 18.0 Å². The minimum atomic E-state index is -3.31. The quantitative estimate of drug-likeness (QED) is 0.596. The standard InChI is InChI=1S/C12H17ClN2O3S/c1-2-3-4-5-7-18-11-10-9(14-12(13)15-11)6-8-19(10,16)17/h2-8H2,1H3. The Kier molecular flexibility index (Phi) is 4.62. The molecule has 19 heavy (non-hydrogen) atoms. The number of fused-ring (bicyclic) bond motifs is 1. The van der Waals surface area contributed by atoms with Gasteiger partial charge in [-0.1, -0.05) is 26.2 Å². The lowest BCUT2D eigenvalue weighted by Crippen LogP contribution is -2.07. The van der Waals surface area contributed by atoms with Crippen molar-refractivity contribution in [1.82, 2.24) is 9.97 Å². The number of aryl methyl sites for hydroxylation is 1. The summed E-state index contributed by atoms with van der Waals surface area (Å²) < 4.78 is 29.3. The highest BCUT2D eigenvalue weighted by atomic mass is 35.5. The molecule has 0 aliphatic carbocycles. The van der Waals surface area contributed by atoms with Gasteiger partial charge >= 0.3 is 0 Å². The summed E-state index contributed by atoms with van der Waals surface area (Å²) in [5, 5.41) is 0.0411. The van der Waals surface area contributed by atoms with Gasteiger partial charge in [-0.25, -0.2) is 13.4 Å². The van der Waals surface area contributed by atoms with Gasteiger partial charge in [-0.2, -0.15) is 4.98 Å². The van der Waals surface area contributed by atoms with Crippen LogP contribution in [-0.4, -0.2) is 30.7 Å². The van der Waals surface area contributed by atoms with E-state index in [0.29, 0.717) is 18.7 Å². The number of hydrogen-bond donors (Lipinski definition) is 0. The van der Waals surface area contributed by atoms with Crippen LogP contribution < -0.4 is 4.74 Å². The molecular formula is C12H17ClN2O3S. The molecule has 0 atom stereocenters. The van der Waals surface area contributed by atoms with Crippen molar-refractivity contribution in [3.8, 4) is 5.88 Å². The maximum atomic E-state index is 11.9. The molecule has 0 amide bonds. The Morgan fingerprint density at radius 3 is 2.79 bits per heavy atom. The third kappa shape index (κ3) is 3.36. The molecule has 1 aliphatic heterocycles. The minimum absolute atomic E-state index is 0.0411. The molecule has 0 unspecified atom stereocenters. The average molecular weight is 305 g/mol. The second kappa shape index (κ2) is 6.05. The summed E-state index contributed by atoms with van der Waals surface area (Å²) in [6.45, 7) is 2.58. The van der Waals surface area contributed by atoms with Gasteiger partial charge in [0.05, 0.1) is 18.1 Å². The Morgan fingerprint density at radius 1 is 1.26 bits per heavy atom. The lowest BCUT2D eigenvalue weighted by Gasteiger charge is -2.09. The molecule has 2 heterocycles. The maximum absolute atomic E-state index is 11.9. The summed E-state index contributed by atoms with van der Waals surface area (Å²) in [7, 11) is -3.31. The van der Waals surface area contributed by atoms with Crippen LogP contribution in [0.25, 0.3) is 0 Å². The third-order valence-corrected chi connectivity index (χ3v) is 4.98. The van der Waals surface area contributed by atoms with Crippen molar-refractivity contribution >= 4 is 21.4 Å². The Morgan fingerprint density at radius 2 is 2.05 bits per heavy atom. The summed E-state index contributed by atoms with van der Waals surface area (Å²) >= 11 is 5.79. The Balaban J connectivity index is 2.13. The average Bonchev–Trinajstić information content (AvgIpc) is 2.64. The van der Waals surface area contributed by atoms with Crippen molar-refractivity contribution in [3.63, 3.8) is 0 Å². The van der Waals surface area contributed by atoms with Crippen LogP contribution in [0.1, 0.15) is 38.3 Å². The lowest BCUT2D eigenvalue weighted by atomic mass is 10.2. The van der Waals surface area contributed by atoms with E-state index in [2.05, 4.69) is 16.9 Å². The topological polar surface area (TPSA) is 69.2 Å². The SMILES string of the molecule is CCCCCCOc1nc(Cl)nc2c1S(=O)(=O)CC2. The highest BCUT2D eigenvalue weighted by Gasteiger charge is 2.33. The minimum Gasteiger partial charge on any atom is -0.477 e. The molecular weight excluding hydrogens is 288 g/mol. The number of nitrogens with zero attached hydrogens (tertiary/aromatic N) is 2. The first-order valence-electron chi connectivity index (χ1n) is 6.46. The van der Waals surface area contributed by atoms with Gasteiger partial charge < -0.3 is 4.74 Å². The van der Waals surface area contributed by atoms with E-state index in [0.717, 1.165) is 25.7 Å². The van der Waals surface area contributed by atoms with Crippen LogP contribution in [0, 0.1) is 0 Å². The predicted molar refractivity (Wildman–Crippen MR) is 72.4 cm³/mol. The number of ether oxygens (including phenoxy) is 1. The van der Waals surface area contributed by atoms with E-state index >= 15 is 0 Å². The molecule has 0 N–H and O–H groups in total. The van der Waals surface area contributed by atoms with E-state index in [4.69, 9.17) is 16.3 Å². The number of aromatic nitrogens is 2. The van der Waals surface area contributed by atoms with Gasteiger partial charge in [-0.15, -0.1) is 0 Å². The Bertz CT molecular complexity index is 560. The number of sulfone groups is 1. The molecule has 0 bridgehead atoms. The highest BCUT2D eigenvalue weighted by molar-refractivity contribution is 7.91. The molecule has 1 aliphatic rings. The molecule has 0 spiro atoms. The van der Waals surface area contributed by atoms with Gasteiger partial charge in [0.1, 0.15) is 0 Å². The number of halogens is 1. The van der Waals surface area contributed by atoms with Crippen LogP contribution in [0.4, 0.5) is 0 Å². The first kappa shape index (κ1) is 14.5. The fourth-order valence-corrected chi connectivity index (χ4v) is 3.78. The van der Waals surface area contributed by atoms with Gasteiger partial charge in [0, 0.05) is 6.42 Å². The molecule has 7 heteroatoms. The largest absolute Gasteiger partial charge is 0.477 e. The summed E-state index contributed by atoms with van der Waals surface area (Å²) in [5.74, 6) is 0.174. The number of rotatable bonds is 6. The van der Waals surface area contributed by atoms with Crippen molar-refractivity contribution in [3.05, 3.63) is 11.0 Å². The molecule has 0 radical (unpaired) electrons. The van der Waals surface area contributed by atoms with Gasteiger partial charge in [0.25, 0.3) is 0 Å². The van der Waals surface area contributed by atoms with E-state index in [9.17, 15) is 8.42 Å². The predicted octanol–water partition coefficient (Wildman–Crippen LogP) is 2.42. The van der Waals surface area contributed by atoms with E-state index in [1.807, 2.05) is 0 Å². The molecule has 0 saturated heterocycles. The van der Waals surface area contributed by atoms with Crippen molar-refractivity contribution in [2.75, 3.05) is 12.4 Å². The number of hydrogen-bond acceptors (Lipinski definition) is 5. The first-order valence-corrected chi connectivity index (χ1v) is 8.49. The summed E-state index contributed by atoms with van der Waals surface area (Å²) in [6.07, 6.45) is 4.61. The summed E-state index contributed by atoms with van der Waals surface area (Å²) in [4.78, 5) is 8.01. The van der Waals surface area contributed by atoms with Crippen LogP contribution in [0.3, 0.4) is 0 Å². The van der Waals surface area contributed by atoms with E-state index in [1.54, 1.807) is 0 Å². The Labute approximate surface area is 118 Å². The zero-order chi connectivity index (χ0) is 13.9. The monoisotopic (exact) mass is 304 g/mol. The van der Waals surface area contributed by atoms with Crippen molar-refractivity contribution in [2.24, 2.45) is 0 Å². The normalized spacial score (nSPS) is 16.3. The molecule has 1 aromatic heterocycles. The van der Waals surface area contributed by atoms with Gasteiger partial charge in [0.15, 0.2) is 14.7 Å².